The minimum absolute atomic E-state index is 0.194. The van der Waals surface area contributed by atoms with Gasteiger partial charge in [0.15, 0.2) is 6.61 Å². The molecule has 0 saturated heterocycles. The Hall–Kier alpha value is -2.35. The summed E-state index contributed by atoms with van der Waals surface area (Å²) in [7, 11) is 1.71. The molecular weight excluding hydrogens is 284 g/mol. The average molecular weight is 297 g/mol. The van der Waals surface area contributed by atoms with Gasteiger partial charge in [0.25, 0.3) is 5.91 Å². The van der Waals surface area contributed by atoms with Crippen molar-refractivity contribution in [3.05, 3.63) is 28.8 Å². The number of tetrazole rings is 1. The zero-order valence-electron chi connectivity index (χ0n) is 10.7. The first-order valence-corrected chi connectivity index (χ1v) is 6.10. The second kappa shape index (κ2) is 6.20. The van der Waals surface area contributed by atoms with Crippen LogP contribution in [0.5, 0.6) is 5.75 Å². The number of carbonyl (C=O) groups excluding carboxylic acids is 1. The fraction of sp³-hybridized carbons (Fsp3) is 0.273. The maximum absolute atomic E-state index is 10.8. The van der Waals surface area contributed by atoms with Gasteiger partial charge in [-0.25, -0.2) is 4.68 Å². The predicted molar refractivity (Wildman–Crippen MR) is 72.3 cm³/mol. The molecule has 1 amide bonds. The van der Waals surface area contributed by atoms with Gasteiger partial charge in [0.05, 0.1) is 0 Å². The smallest absolute Gasteiger partial charge is 0.255 e. The molecule has 2 aromatic rings. The lowest BCUT2D eigenvalue weighted by molar-refractivity contribution is -0.119. The highest BCUT2D eigenvalue weighted by Gasteiger charge is 2.08. The van der Waals surface area contributed by atoms with Gasteiger partial charge in [-0.15, -0.1) is 0 Å². The highest BCUT2D eigenvalue weighted by atomic mass is 35.5. The second-order valence-corrected chi connectivity index (χ2v) is 4.42. The molecule has 106 valence electrons. The van der Waals surface area contributed by atoms with Crippen LogP contribution in [0.3, 0.4) is 0 Å². The Kier molecular flexibility index (Phi) is 4.36. The summed E-state index contributed by atoms with van der Waals surface area (Å²) in [6.07, 6.45) is 0. The first-order valence-electron chi connectivity index (χ1n) is 5.72. The Morgan fingerprint density at radius 3 is 3.00 bits per heavy atom. The van der Waals surface area contributed by atoms with Gasteiger partial charge in [-0.3, -0.25) is 4.79 Å². The van der Waals surface area contributed by atoms with Crippen LogP contribution in [0.25, 0.3) is 0 Å². The van der Waals surface area contributed by atoms with Crippen molar-refractivity contribution in [1.29, 1.82) is 0 Å². The lowest BCUT2D eigenvalue weighted by Crippen LogP contribution is -2.20. The summed E-state index contributed by atoms with van der Waals surface area (Å²) in [4.78, 5) is 10.8. The van der Waals surface area contributed by atoms with Crippen molar-refractivity contribution in [3.63, 3.8) is 0 Å². The molecule has 20 heavy (non-hydrogen) atoms. The van der Waals surface area contributed by atoms with Gasteiger partial charge < -0.3 is 15.8 Å². The van der Waals surface area contributed by atoms with Gasteiger partial charge in [0.1, 0.15) is 5.75 Å². The number of carbonyl (C=O) groups is 1. The second-order valence-electron chi connectivity index (χ2n) is 3.99. The number of primary amides is 1. The fourth-order valence-electron chi connectivity index (χ4n) is 1.53. The first-order chi connectivity index (χ1) is 9.56. The summed E-state index contributed by atoms with van der Waals surface area (Å²) >= 11 is 5.95. The minimum atomic E-state index is -0.545. The number of anilines is 1. The number of nitrogens with one attached hydrogen (secondary N) is 1. The maximum Gasteiger partial charge on any atom is 0.255 e. The molecule has 0 unspecified atom stereocenters. The third kappa shape index (κ3) is 3.58. The number of aromatic nitrogens is 4. The van der Waals surface area contributed by atoms with E-state index in [-0.39, 0.29) is 6.61 Å². The van der Waals surface area contributed by atoms with E-state index in [1.807, 2.05) is 0 Å². The normalized spacial score (nSPS) is 10.3. The maximum atomic E-state index is 10.8. The minimum Gasteiger partial charge on any atom is -0.483 e. The number of nitrogens with two attached hydrogens (primary N) is 1. The molecule has 9 heteroatoms. The standard InChI is InChI=1S/C11H13ClN6O2/c1-18-11(15-16-17-18)14-5-7-4-8(12)2-3-9(7)20-6-10(13)19/h2-4H,5-6H2,1H3,(H2,13,19)(H,14,15,17). The van der Waals surface area contributed by atoms with Crippen molar-refractivity contribution in [1.82, 2.24) is 20.2 Å². The van der Waals surface area contributed by atoms with Crippen LogP contribution in [0.2, 0.25) is 5.02 Å². The Labute approximate surface area is 119 Å². The monoisotopic (exact) mass is 296 g/mol. The van der Waals surface area contributed by atoms with Crippen LogP contribution in [0, 0.1) is 0 Å². The molecule has 0 spiro atoms. The molecule has 1 heterocycles. The lowest BCUT2D eigenvalue weighted by Gasteiger charge is -2.11. The van der Waals surface area contributed by atoms with Crippen molar-refractivity contribution in [3.8, 4) is 5.75 Å². The van der Waals surface area contributed by atoms with Crippen LogP contribution in [0.1, 0.15) is 5.56 Å². The number of halogens is 1. The van der Waals surface area contributed by atoms with Gasteiger partial charge in [0.2, 0.25) is 5.95 Å². The molecule has 0 aliphatic carbocycles. The molecule has 3 N–H and O–H groups in total. The van der Waals surface area contributed by atoms with Gasteiger partial charge in [-0.05, 0) is 28.6 Å². The molecule has 1 aromatic heterocycles. The van der Waals surface area contributed by atoms with E-state index in [1.54, 1.807) is 25.2 Å². The molecular formula is C11H13ClN6O2. The van der Waals surface area contributed by atoms with E-state index in [0.717, 1.165) is 5.56 Å². The summed E-state index contributed by atoms with van der Waals surface area (Å²) < 4.78 is 6.82. The number of ether oxygens (including phenoxy) is 1. The molecule has 0 aliphatic heterocycles. The van der Waals surface area contributed by atoms with Crippen molar-refractivity contribution >= 4 is 23.5 Å². The summed E-state index contributed by atoms with van der Waals surface area (Å²) in [5, 5.41) is 14.6. The summed E-state index contributed by atoms with van der Waals surface area (Å²) in [5.41, 5.74) is 5.82. The first kappa shape index (κ1) is 14.1. The molecule has 0 aliphatic rings. The van der Waals surface area contributed by atoms with Crippen LogP contribution in [-0.4, -0.2) is 32.7 Å². The van der Waals surface area contributed by atoms with Gasteiger partial charge >= 0.3 is 0 Å². The van der Waals surface area contributed by atoms with Crippen LogP contribution in [-0.2, 0) is 18.4 Å². The van der Waals surface area contributed by atoms with E-state index in [4.69, 9.17) is 22.1 Å². The highest BCUT2D eigenvalue weighted by molar-refractivity contribution is 6.30. The number of amides is 1. The number of hydrogen-bond donors (Lipinski definition) is 2. The zero-order chi connectivity index (χ0) is 14.5. The van der Waals surface area contributed by atoms with Crippen molar-refractivity contribution < 1.29 is 9.53 Å². The molecule has 2 rings (SSSR count). The molecule has 0 radical (unpaired) electrons. The number of benzene rings is 1. The molecule has 0 fully saturated rings. The number of nitrogens with zero attached hydrogens (tertiary/aromatic N) is 4. The van der Waals surface area contributed by atoms with Gasteiger partial charge in [-0.2, -0.15) is 0 Å². The molecule has 8 nitrogen and oxygen atoms in total. The fourth-order valence-corrected chi connectivity index (χ4v) is 1.72. The topological polar surface area (TPSA) is 108 Å². The van der Waals surface area contributed by atoms with Gasteiger partial charge in [-0.1, -0.05) is 16.7 Å². The SMILES string of the molecule is Cn1nnnc1NCc1cc(Cl)ccc1OCC(N)=O. The molecule has 0 bridgehead atoms. The van der Waals surface area contributed by atoms with Crippen LogP contribution >= 0.6 is 11.6 Å². The highest BCUT2D eigenvalue weighted by Crippen LogP contribution is 2.23. The number of aryl methyl sites for hydroxylation is 1. The van der Waals surface area contributed by atoms with E-state index in [1.165, 1.54) is 4.68 Å². The van der Waals surface area contributed by atoms with Crippen molar-refractivity contribution in [2.24, 2.45) is 12.8 Å². The van der Waals surface area contributed by atoms with Crippen LogP contribution in [0.4, 0.5) is 5.95 Å². The largest absolute Gasteiger partial charge is 0.483 e. The summed E-state index contributed by atoms with van der Waals surface area (Å²) in [6, 6.07) is 5.08. The molecule has 0 saturated carbocycles. The zero-order valence-corrected chi connectivity index (χ0v) is 11.5. The number of rotatable bonds is 6. The Balaban J connectivity index is 2.10. The Morgan fingerprint density at radius 1 is 1.55 bits per heavy atom. The predicted octanol–water partition coefficient (Wildman–Crippen LogP) is 0.340. The van der Waals surface area contributed by atoms with Crippen molar-refractivity contribution in [2.75, 3.05) is 11.9 Å². The van der Waals surface area contributed by atoms with E-state index in [0.29, 0.717) is 23.3 Å². The quantitative estimate of drug-likeness (QED) is 0.796. The Bertz CT molecular complexity index is 615. The average Bonchev–Trinajstić information content (AvgIpc) is 2.80. The van der Waals surface area contributed by atoms with Gasteiger partial charge in [0, 0.05) is 24.2 Å². The van der Waals surface area contributed by atoms with E-state index in [2.05, 4.69) is 20.8 Å². The van der Waals surface area contributed by atoms with Crippen molar-refractivity contribution in [2.45, 2.75) is 6.54 Å². The van der Waals surface area contributed by atoms with E-state index in [9.17, 15) is 4.79 Å². The third-order valence-corrected chi connectivity index (χ3v) is 2.68. The summed E-state index contributed by atoms with van der Waals surface area (Å²) in [5.74, 6) is 0.484. The van der Waals surface area contributed by atoms with E-state index < -0.39 is 5.91 Å². The number of hydrogen-bond acceptors (Lipinski definition) is 6. The molecule has 1 aromatic carbocycles. The van der Waals surface area contributed by atoms with Crippen LogP contribution < -0.4 is 15.8 Å². The lowest BCUT2D eigenvalue weighted by atomic mass is 10.2. The Morgan fingerprint density at radius 2 is 2.35 bits per heavy atom. The summed E-state index contributed by atoms with van der Waals surface area (Å²) in [6.45, 7) is 0.197. The third-order valence-electron chi connectivity index (χ3n) is 2.45. The van der Waals surface area contributed by atoms with Crippen LogP contribution in [0.15, 0.2) is 18.2 Å². The molecule has 0 atom stereocenters. The van der Waals surface area contributed by atoms with E-state index >= 15 is 0 Å².